The van der Waals surface area contributed by atoms with Gasteiger partial charge in [-0.25, -0.2) is 9.59 Å². The largest absolute Gasteiger partial charge is 0.390 e. The molecule has 2 aliphatic rings. The van der Waals surface area contributed by atoms with Gasteiger partial charge in [-0.05, 0) is 0 Å². The molecule has 2 saturated heterocycles. The quantitative estimate of drug-likeness (QED) is 0.366. The van der Waals surface area contributed by atoms with Gasteiger partial charge in [0.2, 0.25) is 0 Å². The highest BCUT2D eigenvalue weighted by Gasteiger charge is 2.42. The molecule has 4 nitrogen and oxygen atoms in total. The van der Waals surface area contributed by atoms with Gasteiger partial charge in [-0.2, -0.15) is 0 Å². The van der Waals surface area contributed by atoms with E-state index in [0.717, 1.165) is 0 Å². The molecule has 2 bridgehead atoms. The maximum atomic E-state index is 10.7. The monoisotopic (exact) mass is 159 g/mol. The Morgan fingerprint density at radius 1 is 1.50 bits per heavy atom. The first-order chi connectivity index (χ1) is 4.77. The van der Waals surface area contributed by atoms with Crippen molar-refractivity contribution in [2.24, 2.45) is 0 Å². The number of fused-ring (bicyclic) bond motifs is 2. The molecule has 54 valence electrons. The molecule has 5 heteroatoms. The highest BCUT2D eigenvalue weighted by molar-refractivity contribution is 8.00. The normalized spacial score (nSPS) is 38.0. The lowest BCUT2D eigenvalue weighted by Gasteiger charge is -2.16. The van der Waals surface area contributed by atoms with E-state index in [4.69, 9.17) is 0 Å². The van der Waals surface area contributed by atoms with Gasteiger partial charge in [0, 0.05) is 5.75 Å². The number of thioether (sulfide) groups is 1. The van der Waals surface area contributed by atoms with Gasteiger partial charge in [-0.3, -0.25) is 5.32 Å². The molecule has 0 amide bonds. The molecule has 2 unspecified atom stereocenters. The summed E-state index contributed by atoms with van der Waals surface area (Å²) in [5.74, 6) is -0.245. The summed E-state index contributed by atoms with van der Waals surface area (Å²) in [6.07, 6.45) is 0. The molecule has 0 saturated carbocycles. The third-order valence-corrected chi connectivity index (χ3v) is 2.67. The van der Waals surface area contributed by atoms with Crippen LogP contribution in [0.25, 0.3) is 0 Å². The molecule has 2 rings (SSSR count). The minimum absolute atomic E-state index is 0.257. The Morgan fingerprint density at radius 2 is 2.30 bits per heavy atom. The van der Waals surface area contributed by atoms with Crippen LogP contribution in [0.1, 0.15) is 0 Å². The molecule has 0 aromatic rings. The molecule has 0 aliphatic carbocycles. The van der Waals surface area contributed by atoms with Crippen molar-refractivity contribution >= 4 is 23.7 Å². The van der Waals surface area contributed by atoms with E-state index >= 15 is 0 Å². The Hall–Kier alpha value is -0.550. The second kappa shape index (κ2) is 1.96. The summed E-state index contributed by atoms with van der Waals surface area (Å²) in [5.41, 5.74) is 0. The summed E-state index contributed by atoms with van der Waals surface area (Å²) in [6.45, 7) is 0. The molecule has 2 heterocycles. The first-order valence-electron chi connectivity index (χ1n) is 2.90. The molecule has 2 aliphatic heterocycles. The zero-order chi connectivity index (χ0) is 7.14. The van der Waals surface area contributed by atoms with E-state index in [9.17, 15) is 9.59 Å². The second-order valence-electron chi connectivity index (χ2n) is 2.17. The topological polar surface area (TPSA) is 55.4 Å². The van der Waals surface area contributed by atoms with E-state index in [0.29, 0.717) is 5.75 Å². The number of esters is 2. The summed E-state index contributed by atoms with van der Waals surface area (Å²) < 4.78 is 4.41. The fourth-order valence-corrected chi connectivity index (χ4v) is 2.03. The first-order valence-corrected chi connectivity index (χ1v) is 3.95. The Labute approximate surface area is 61.3 Å². The van der Waals surface area contributed by atoms with Gasteiger partial charge >= 0.3 is 11.9 Å². The second-order valence-corrected chi connectivity index (χ2v) is 3.31. The molecule has 0 spiro atoms. The van der Waals surface area contributed by atoms with E-state index in [2.05, 4.69) is 10.1 Å². The number of ether oxygens (including phenoxy) is 1. The van der Waals surface area contributed by atoms with Crippen LogP contribution in [0.2, 0.25) is 0 Å². The summed E-state index contributed by atoms with van der Waals surface area (Å²) in [5, 5.41) is 2.53. The van der Waals surface area contributed by atoms with Gasteiger partial charge in [0.25, 0.3) is 0 Å². The fraction of sp³-hybridized carbons (Fsp3) is 0.600. The molecular weight excluding hydrogens is 154 g/mol. The van der Waals surface area contributed by atoms with Crippen LogP contribution >= 0.6 is 11.8 Å². The lowest BCUT2D eigenvalue weighted by molar-refractivity contribution is -0.164. The fourth-order valence-electron chi connectivity index (χ4n) is 0.967. The maximum Gasteiger partial charge on any atom is 0.341 e. The smallest absolute Gasteiger partial charge is 0.341 e. The molecule has 0 aromatic carbocycles. The first kappa shape index (κ1) is 6.18. The number of carbonyl (C=O) groups excluding carboxylic acids is 2. The highest BCUT2D eigenvalue weighted by Crippen LogP contribution is 2.24. The Kier molecular flexibility index (Phi) is 1.21. The number of morpholine rings is 1. The van der Waals surface area contributed by atoms with Gasteiger partial charge in [0.05, 0.1) is 0 Å². The van der Waals surface area contributed by atoms with Crippen molar-refractivity contribution in [3.8, 4) is 0 Å². The van der Waals surface area contributed by atoms with Crippen molar-refractivity contribution < 1.29 is 14.3 Å². The molecule has 0 radical (unpaired) electrons. The Morgan fingerprint density at radius 3 is 3.10 bits per heavy atom. The zero-order valence-electron chi connectivity index (χ0n) is 4.99. The Balaban J connectivity index is 2.24. The van der Waals surface area contributed by atoms with Crippen LogP contribution in [0.3, 0.4) is 0 Å². The van der Waals surface area contributed by atoms with Gasteiger partial charge in [-0.15, -0.1) is 11.8 Å². The van der Waals surface area contributed by atoms with Crippen molar-refractivity contribution in [3.05, 3.63) is 0 Å². The van der Waals surface area contributed by atoms with Crippen molar-refractivity contribution in [3.63, 3.8) is 0 Å². The summed E-state index contributed by atoms with van der Waals surface area (Å²) >= 11 is 1.42. The predicted octanol–water partition coefficient (Wildman–Crippen LogP) is -0.899. The highest BCUT2D eigenvalue weighted by atomic mass is 32.2. The third kappa shape index (κ3) is 0.741. The van der Waals surface area contributed by atoms with Crippen LogP contribution in [-0.2, 0) is 14.3 Å². The molecule has 2 fully saturated rings. The zero-order valence-corrected chi connectivity index (χ0v) is 5.81. The van der Waals surface area contributed by atoms with Gasteiger partial charge in [-0.1, -0.05) is 0 Å². The average molecular weight is 159 g/mol. The van der Waals surface area contributed by atoms with E-state index in [1.54, 1.807) is 0 Å². The average Bonchev–Trinajstić information content (AvgIpc) is 2.28. The van der Waals surface area contributed by atoms with Gasteiger partial charge in [0.1, 0.15) is 6.04 Å². The molecular formula is C5H5NO3S. The van der Waals surface area contributed by atoms with Gasteiger partial charge in [0.15, 0.2) is 5.37 Å². The van der Waals surface area contributed by atoms with Crippen molar-refractivity contribution in [1.29, 1.82) is 0 Å². The number of cyclic esters (lactones) is 2. The third-order valence-electron chi connectivity index (χ3n) is 1.48. The number of hydrogen-bond donors (Lipinski definition) is 1. The lowest BCUT2D eigenvalue weighted by Crippen LogP contribution is -2.48. The number of hydrogen-bond acceptors (Lipinski definition) is 5. The van der Waals surface area contributed by atoms with Gasteiger partial charge < -0.3 is 4.74 Å². The van der Waals surface area contributed by atoms with Crippen LogP contribution in [-0.4, -0.2) is 29.1 Å². The molecule has 1 N–H and O–H groups in total. The minimum Gasteiger partial charge on any atom is -0.390 e. The standard InChI is InChI=1S/C5H5NO3S/c7-4-2-1-10-3(6-2)5(8)9-4/h2-3,6H,1H2. The molecule has 2 atom stereocenters. The van der Waals surface area contributed by atoms with E-state index in [-0.39, 0.29) is 11.4 Å². The van der Waals surface area contributed by atoms with E-state index < -0.39 is 11.9 Å². The lowest BCUT2D eigenvalue weighted by atomic mass is 10.3. The van der Waals surface area contributed by atoms with Crippen molar-refractivity contribution in [2.45, 2.75) is 11.4 Å². The van der Waals surface area contributed by atoms with Crippen LogP contribution in [0.4, 0.5) is 0 Å². The SMILES string of the molecule is O=C1OC(=O)C2NC1CS2. The molecule has 10 heavy (non-hydrogen) atoms. The number of rotatable bonds is 0. The predicted molar refractivity (Wildman–Crippen MR) is 34.3 cm³/mol. The van der Waals surface area contributed by atoms with E-state index in [1.807, 2.05) is 0 Å². The maximum absolute atomic E-state index is 10.7. The van der Waals surface area contributed by atoms with Crippen LogP contribution in [0, 0.1) is 0 Å². The van der Waals surface area contributed by atoms with Crippen molar-refractivity contribution in [2.75, 3.05) is 5.75 Å². The van der Waals surface area contributed by atoms with E-state index in [1.165, 1.54) is 11.8 Å². The summed E-state index contributed by atoms with van der Waals surface area (Å²) in [4.78, 5) is 21.5. The number of nitrogens with one attached hydrogen (secondary N) is 1. The minimum atomic E-state index is -0.455. The molecule has 0 aromatic heterocycles. The number of carbonyl (C=O) groups is 2. The summed E-state index contributed by atoms with van der Waals surface area (Å²) in [7, 11) is 0. The summed E-state index contributed by atoms with van der Waals surface area (Å²) in [6, 6.07) is -0.257. The van der Waals surface area contributed by atoms with Crippen LogP contribution in [0.5, 0.6) is 0 Å². The van der Waals surface area contributed by atoms with Crippen molar-refractivity contribution in [1.82, 2.24) is 5.32 Å². The van der Waals surface area contributed by atoms with Crippen LogP contribution in [0.15, 0.2) is 0 Å². The Bertz CT molecular complexity index is 185. The van der Waals surface area contributed by atoms with Crippen LogP contribution < -0.4 is 5.32 Å².